The molecule has 0 unspecified atom stereocenters. The number of carbonyl (C=O) groups excluding carboxylic acids is 1. The van der Waals surface area contributed by atoms with Crippen molar-refractivity contribution >= 4 is 23.0 Å². The molecule has 3 aromatic rings. The van der Waals surface area contributed by atoms with Crippen LogP contribution in [-0.4, -0.2) is 28.8 Å². The third-order valence-electron chi connectivity index (χ3n) is 4.80. The van der Waals surface area contributed by atoms with E-state index in [0.29, 0.717) is 12.0 Å². The Balaban J connectivity index is 1.73. The number of phenolic OH excluding ortho intramolecular Hbond substituents is 1. The Morgan fingerprint density at radius 2 is 1.89 bits per heavy atom. The van der Waals surface area contributed by atoms with Gasteiger partial charge in [-0.3, -0.25) is 4.79 Å². The molecule has 0 fully saturated rings. The first kappa shape index (κ1) is 18.4. The zero-order valence-electron chi connectivity index (χ0n) is 15.4. The van der Waals surface area contributed by atoms with Gasteiger partial charge in [-0.1, -0.05) is 54.6 Å². The summed E-state index contributed by atoms with van der Waals surface area (Å²) in [6.45, 7) is 0. The standard InChI is InChI=1S/C22H20N2O3S/c1-27-21(15-8-3-2-4-9-15)22(26)24-18(16-10-5-6-11-19(16)25)14-17(23-24)20-12-7-13-28-20/h2-13,18,21,25H,14H2,1H3/t18-,21+/m0/s1. The molecule has 142 valence electrons. The van der Waals surface area contributed by atoms with Crippen molar-refractivity contribution in [1.29, 1.82) is 0 Å². The van der Waals surface area contributed by atoms with Gasteiger partial charge in [0.2, 0.25) is 0 Å². The first-order valence-electron chi connectivity index (χ1n) is 8.99. The minimum atomic E-state index is -0.763. The number of benzene rings is 2. The van der Waals surface area contributed by atoms with E-state index >= 15 is 0 Å². The summed E-state index contributed by atoms with van der Waals surface area (Å²) in [6, 6.07) is 20.0. The Kier molecular flexibility index (Phi) is 5.23. The van der Waals surface area contributed by atoms with Gasteiger partial charge >= 0.3 is 0 Å². The van der Waals surface area contributed by atoms with E-state index in [0.717, 1.165) is 16.2 Å². The fourth-order valence-corrected chi connectivity index (χ4v) is 4.17. The summed E-state index contributed by atoms with van der Waals surface area (Å²) in [4.78, 5) is 14.4. The SMILES string of the molecule is CO[C@@H](C(=O)N1N=C(c2cccs2)C[C@H]1c1ccccc1O)c1ccccc1. The Morgan fingerprint density at radius 1 is 1.14 bits per heavy atom. The molecule has 0 saturated heterocycles. The quantitative estimate of drug-likeness (QED) is 0.694. The number of hydrogen-bond acceptors (Lipinski definition) is 5. The van der Waals surface area contributed by atoms with Crippen LogP contribution in [0.25, 0.3) is 0 Å². The van der Waals surface area contributed by atoms with Gasteiger partial charge in [-0.2, -0.15) is 5.10 Å². The van der Waals surface area contributed by atoms with Crippen LogP contribution >= 0.6 is 11.3 Å². The number of phenols is 1. The molecule has 2 atom stereocenters. The minimum absolute atomic E-state index is 0.154. The topological polar surface area (TPSA) is 62.1 Å². The number of para-hydroxylation sites is 1. The number of rotatable bonds is 5. The highest BCUT2D eigenvalue weighted by Gasteiger charge is 2.38. The molecule has 4 rings (SSSR count). The third kappa shape index (κ3) is 3.44. The van der Waals surface area contributed by atoms with Gasteiger partial charge in [-0.05, 0) is 23.1 Å². The van der Waals surface area contributed by atoms with Gasteiger partial charge in [0, 0.05) is 19.1 Å². The first-order chi connectivity index (χ1) is 13.7. The van der Waals surface area contributed by atoms with Crippen molar-refractivity contribution in [2.24, 2.45) is 5.10 Å². The molecular weight excluding hydrogens is 372 g/mol. The van der Waals surface area contributed by atoms with Crippen molar-refractivity contribution in [2.45, 2.75) is 18.6 Å². The molecule has 5 nitrogen and oxygen atoms in total. The van der Waals surface area contributed by atoms with Crippen molar-refractivity contribution < 1.29 is 14.6 Å². The highest BCUT2D eigenvalue weighted by molar-refractivity contribution is 7.12. The summed E-state index contributed by atoms with van der Waals surface area (Å²) in [5, 5.41) is 18.5. The van der Waals surface area contributed by atoms with E-state index in [-0.39, 0.29) is 17.7 Å². The summed E-state index contributed by atoms with van der Waals surface area (Å²) in [6.07, 6.45) is -0.226. The van der Waals surface area contributed by atoms with Crippen LogP contribution in [-0.2, 0) is 9.53 Å². The lowest BCUT2D eigenvalue weighted by atomic mass is 9.99. The van der Waals surface area contributed by atoms with Gasteiger partial charge in [-0.25, -0.2) is 5.01 Å². The lowest BCUT2D eigenvalue weighted by Crippen LogP contribution is -2.32. The summed E-state index contributed by atoms with van der Waals surface area (Å²) >= 11 is 1.58. The number of ether oxygens (including phenoxy) is 1. The number of amides is 1. The number of hydrazone groups is 1. The lowest BCUT2D eigenvalue weighted by Gasteiger charge is -2.26. The lowest BCUT2D eigenvalue weighted by molar-refractivity contribution is -0.144. The fourth-order valence-electron chi connectivity index (χ4n) is 3.44. The zero-order chi connectivity index (χ0) is 19.5. The smallest absolute Gasteiger partial charge is 0.276 e. The number of hydrogen-bond donors (Lipinski definition) is 1. The van der Waals surface area contributed by atoms with Crippen LogP contribution in [0.2, 0.25) is 0 Å². The predicted octanol–water partition coefficient (Wildman–Crippen LogP) is 4.52. The highest BCUT2D eigenvalue weighted by Crippen LogP contribution is 2.39. The van der Waals surface area contributed by atoms with E-state index in [2.05, 4.69) is 5.10 Å². The second-order valence-corrected chi connectivity index (χ2v) is 7.46. The summed E-state index contributed by atoms with van der Waals surface area (Å²) in [5.74, 6) is -0.102. The van der Waals surface area contributed by atoms with Gasteiger partial charge in [0.1, 0.15) is 5.75 Å². The molecule has 0 saturated carbocycles. The van der Waals surface area contributed by atoms with Crippen molar-refractivity contribution in [3.8, 4) is 5.75 Å². The fraction of sp³-hybridized carbons (Fsp3) is 0.182. The van der Waals surface area contributed by atoms with Crippen LogP contribution in [0.4, 0.5) is 0 Å². The number of nitrogens with zero attached hydrogens (tertiary/aromatic N) is 2. The van der Waals surface area contributed by atoms with Crippen LogP contribution in [0.5, 0.6) is 5.75 Å². The monoisotopic (exact) mass is 392 g/mol. The predicted molar refractivity (Wildman–Crippen MR) is 109 cm³/mol. The van der Waals surface area contributed by atoms with E-state index in [9.17, 15) is 9.90 Å². The highest BCUT2D eigenvalue weighted by atomic mass is 32.1. The van der Waals surface area contributed by atoms with E-state index in [1.165, 1.54) is 12.1 Å². The molecule has 1 aromatic heterocycles. The largest absolute Gasteiger partial charge is 0.508 e. The van der Waals surface area contributed by atoms with Crippen molar-refractivity contribution in [3.05, 3.63) is 88.1 Å². The molecule has 0 aliphatic carbocycles. The summed E-state index contributed by atoms with van der Waals surface area (Å²) in [7, 11) is 1.52. The molecular formula is C22H20N2O3S. The minimum Gasteiger partial charge on any atom is -0.508 e. The zero-order valence-corrected chi connectivity index (χ0v) is 16.2. The van der Waals surface area contributed by atoms with Gasteiger partial charge in [0.25, 0.3) is 5.91 Å². The second kappa shape index (κ2) is 7.96. The van der Waals surface area contributed by atoms with Crippen molar-refractivity contribution in [2.75, 3.05) is 7.11 Å². The molecule has 1 amide bonds. The van der Waals surface area contributed by atoms with Crippen molar-refractivity contribution in [3.63, 3.8) is 0 Å². The second-order valence-electron chi connectivity index (χ2n) is 6.51. The maximum atomic E-state index is 13.4. The Labute approximate surface area is 167 Å². The molecule has 28 heavy (non-hydrogen) atoms. The third-order valence-corrected chi connectivity index (χ3v) is 5.72. The summed E-state index contributed by atoms with van der Waals surface area (Å²) < 4.78 is 5.53. The average Bonchev–Trinajstić information content (AvgIpc) is 3.40. The normalized spacial score (nSPS) is 17.4. The molecule has 0 bridgehead atoms. The molecule has 1 N–H and O–H groups in total. The van der Waals surface area contributed by atoms with Gasteiger partial charge in [-0.15, -0.1) is 11.3 Å². The number of thiophene rings is 1. The van der Waals surface area contributed by atoms with Crippen LogP contribution in [0.15, 0.2) is 77.2 Å². The van der Waals surface area contributed by atoms with E-state index in [1.807, 2.05) is 60.0 Å². The van der Waals surface area contributed by atoms with Gasteiger partial charge < -0.3 is 9.84 Å². The average molecular weight is 392 g/mol. The molecule has 2 aromatic carbocycles. The first-order valence-corrected chi connectivity index (χ1v) is 9.87. The van der Waals surface area contributed by atoms with Crippen LogP contribution in [0.3, 0.4) is 0 Å². The Hall–Kier alpha value is -2.96. The Morgan fingerprint density at radius 3 is 2.57 bits per heavy atom. The maximum absolute atomic E-state index is 13.4. The molecule has 0 radical (unpaired) electrons. The maximum Gasteiger partial charge on any atom is 0.276 e. The van der Waals surface area contributed by atoms with E-state index < -0.39 is 6.10 Å². The number of methoxy groups -OCH3 is 1. The van der Waals surface area contributed by atoms with Crippen molar-refractivity contribution in [1.82, 2.24) is 5.01 Å². The van der Waals surface area contributed by atoms with E-state index in [4.69, 9.17) is 4.74 Å². The van der Waals surface area contributed by atoms with E-state index in [1.54, 1.807) is 23.5 Å². The Bertz CT molecular complexity index is 986. The van der Waals surface area contributed by atoms with Gasteiger partial charge in [0.15, 0.2) is 6.10 Å². The number of aromatic hydroxyl groups is 1. The van der Waals surface area contributed by atoms with Gasteiger partial charge in [0.05, 0.1) is 16.6 Å². The number of carbonyl (C=O) groups is 1. The van der Waals surface area contributed by atoms with Crippen LogP contribution in [0, 0.1) is 0 Å². The molecule has 2 heterocycles. The molecule has 1 aliphatic rings. The van der Waals surface area contributed by atoms with Crippen LogP contribution < -0.4 is 0 Å². The molecule has 0 spiro atoms. The van der Waals surface area contributed by atoms with Crippen LogP contribution in [0.1, 0.15) is 34.6 Å². The molecule has 1 aliphatic heterocycles. The molecule has 6 heteroatoms. The summed E-state index contributed by atoms with van der Waals surface area (Å²) in [5.41, 5.74) is 2.28.